The summed E-state index contributed by atoms with van der Waals surface area (Å²) in [6.45, 7) is 6.23. The van der Waals surface area contributed by atoms with E-state index >= 15 is 0 Å². The monoisotopic (exact) mass is 290 g/mol. The van der Waals surface area contributed by atoms with Crippen LogP contribution in [-0.4, -0.2) is 30.2 Å². The van der Waals surface area contributed by atoms with Gasteiger partial charge in [0.15, 0.2) is 11.5 Å². The Morgan fingerprint density at radius 3 is 2.71 bits per heavy atom. The number of nitrogens with one attached hydrogen (secondary N) is 1. The van der Waals surface area contributed by atoms with Crippen molar-refractivity contribution < 1.29 is 19.1 Å². The molecule has 1 aromatic rings. The molecule has 2 aliphatic rings. The van der Waals surface area contributed by atoms with Gasteiger partial charge < -0.3 is 14.8 Å². The molecule has 6 heteroatoms. The number of amides is 3. The molecule has 1 fully saturated rings. The number of carbonyl (C=O) groups excluding carboxylic acids is 2. The Morgan fingerprint density at radius 1 is 1.29 bits per heavy atom. The van der Waals surface area contributed by atoms with E-state index in [0.29, 0.717) is 23.6 Å². The summed E-state index contributed by atoms with van der Waals surface area (Å²) in [5, 5.41) is 2.78. The average molecular weight is 290 g/mol. The number of urea groups is 1. The lowest BCUT2D eigenvalue weighted by molar-refractivity contribution is -0.131. The fraction of sp³-hybridized carbons (Fsp3) is 0.467. The maximum atomic E-state index is 12.6. The van der Waals surface area contributed by atoms with Gasteiger partial charge in [-0.15, -0.1) is 0 Å². The molecule has 1 aromatic carbocycles. The van der Waals surface area contributed by atoms with Crippen molar-refractivity contribution in [2.45, 2.75) is 26.3 Å². The smallest absolute Gasteiger partial charge is 0.325 e. The normalized spacial score (nSPS) is 23.9. The number of hydrogen-bond acceptors (Lipinski definition) is 4. The van der Waals surface area contributed by atoms with E-state index in [9.17, 15) is 9.59 Å². The number of fused-ring (bicyclic) bond motifs is 1. The topological polar surface area (TPSA) is 67.9 Å². The third kappa shape index (κ3) is 2.11. The summed E-state index contributed by atoms with van der Waals surface area (Å²) in [7, 11) is 0. The zero-order valence-electron chi connectivity index (χ0n) is 12.3. The molecule has 0 aromatic heterocycles. The van der Waals surface area contributed by atoms with Gasteiger partial charge in [-0.25, -0.2) is 4.79 Å². The van der Waals surface area contributed by atoms with Gasteiger partial charge >= 0.3 is 6.03 Å². The SMILES string of the molecule is CC(C)CN1C(=O)N[C@@](C)(c2ccc3c(c2)OCO3)C1=O. The third-order valence-electron chi connectivity index (χ3n) is 3.77. The van der Waals surface area contributed by atoms with Gasteiger partial charge in [0.2, 0.25) is 6.79 Å². The van der Waals surface area contributed by atoms with Crippen LogP contribution in [0.3, 0.4) is 0 Å². The predicted octanol–water partition coefficient (Wildman–Crippen LogP) is 1.84. The van der Waals surface area contributed by atoms with Gasteiger partial charge in [0, 0.05) is 6.54 Å². The molecule has 3 rings (SSSR count). The highest BCUT2D eigenvalue weighted by molar-refractivity contribution is 6.07. The van der Waals surface area contributed by atoms with Crippen molar-refractivity contribution in [1.29, 1.82) is 0 Å². The molecule has 0 bridgehead atoms. The van der Waals surface area contributed by atoms with Crippen LogP contribution < -0.4 is 14.8 Å². The summed E-state index contributed by atoms with van der Waals surface area (Å²) in [5.74, 6) is 1.23. The first-order valence-corrected chi connectivity index (χ1v) is 6.96. The van der Waals surface area contributed by atoms with Crippen LogP contribution in [0, 0.1) is 5.92 Å². The lowest BCUT2D eigenvalue weighted by Gasteiger charge is -2.23. The van der Waals surface area contributed by atoms with Gasteiger partial charge in [0.25, 0.3) is 5.91 Å². The second-order valence-electron chi connectivity index (χ2n) is 5.93. The van der Waals surface area contributed by atoms with E-state index in [2.05, 4.69) is 5.32 Å². The van der Waals surface area contributed by atoms with Crippen LogP contribution in [-0.2, 0) is 10.3 Å². The summed E-state index contributed by atoms with van der Waals surface area (Å²) < 4.78 is 10.6. The van der Waals surface area contributed by atoms with Crippen molar-refractivity contribution in [2.75, 3.05) is 13.3 Å². The van der Waals surface area contributed by atoms with E-state index in [-0.39, 0.29) is 24.6 Å². The minimum atomic E-state index is -1.06. The van der Waals surface area contributed by atoms with Crippen LogP contribution in [0.1, 0.15) is 26.3 Å². The molecule has 0 saturated carbocycles. The standard InChI is InChI=1S/C15H18N2O4/c1-9(2)7-17-13(18)15(3,16-14(17)19)10-4-5-11-12(6-10)21-8-20-11/h4-6,9H,7-8H2,1-3H3,(H,16,19)/t15-/m0/s1. The number of benzene rings is 1. The number of carbonyl (C=O) groups is 2. The van der Waals surface area contributed by atoms with Gasteiger partial charge in [-0.2, -0.15) is 0 Å². The lowest BCUT2D eigenvalue weighted by Crippen LogP contribution is -2.41. The minimum Gasteiger partial charge on any atom is -0.454 e. The summed E-state index contributed by atoms with van der Waals surface area (Å²) in [5.41, 5.74) is -0.371. The molecule has 1 atom stereocenters. The van der Waals surface area contributed by atoms with Gasteiger partial charge in [-0.05, 0) is 30.5 Å². The zero-order valence-corrected chi connectivity index (χ0v) is 12.3. The molecule has 1 saturated heterocycles. The van der Waals surface area contributed by atoms with Crippen LogP contribution in [0.5, 0.6) is 11.5 Å². The molecule has 1 N–H and O–H groups in total. The van der Waals surface area contributed by atoms with E-state index in [1.54, 1.807) is 25.1 Å². The van der Waals surface area contributed by atoms with Gasteiger partial charge in [0.05, 0.1) is 0 Å². The van der Waals surface area contributed by atoms with Gasteiger partial charge in [-0.1, -0.05) is 19.9 Å². The fourth-order valence-electron chi connectivity index (χ4n) is 2.63. The van der Waals surface area contributed by atoms with E-state index in [1.807, 2.05) is 13.8 Å². The van der Waals surface area contributed by atoms with Crippen LogP contribution in [0.2, 0.25) is 0 Å². The van der Waals surface area contributed by atoms with Crippen LogP contribution >= 0.6 is 0 Å². The molecular formula is C15H18N2O4. The summed E-state index contributed by atoms with van der Waals surface area (Å²) >= 11 is 0. The molecule has 21 heavy (non-hydrogen) atoms. The van der Waals surface area contributed by atoms with E-state index in [0.717, 1.165) is 0 Å². The van der Waals surface area contributed by atoms with Crippen molar-refractivity contribution in [3.63, 3.8) is 0 Å². The fourth-order valence-corrected chi connectivity index (χ4v) is 2.63. The van der Waals surface area contributed by atoms with Crippen LogP contribution in [0.4, 0.5) is 4.79 Å². The largest absolute Gasteiger partial charge is 0.454 e. The van der Waals surface area contributed by atoms with E-state index < -0.39 is 5.54 Å². The summed E-state index contributed by atoms with van der Waals surface area (Å²) in [6, 6.07) is 4.94. The highest BCUT2D eigenvalue weighted by Gasteiger charge is 2.49. The second-order valence-corrected chi connectivity index (χ2v) is 5.93. The molecule has 0 radical (unpaired) electrons. The maximum absolute atomic E-state index is 12.6. The van der Waals surface area contributed by atoms with Crippen LogP contribution in [0.25, 0.3) is 0 Å². The van der Waals surface area contributed by atoms with Crippen molar-refractivity contribution in [2.24, 2.45) is 5.92 Å². The van der Waals surface area contributed by atoms with Crippen molar-refractivity contribution in [1.82, 2.24) is 10.2 Å². The average Bonchev–Trinajstić information content (AvgIpc) is 2.97. The van der Waals surface area contributed by atoms with E-state index in [4.69, 9.17) is 9.47 Å². The van der Waals surface area contributed by atoms with Gasteiger partial charge in [0.1, 0.15) is 5.54 Å². The first kappa shape index (κ1) is 13.7. The van der Waals surface area contributed by atoms with Crippen molar-refractivity contribution in [3.8, 4) is 11.5 Å². The molecule has 0 aliphatic carbocycles. The Labute approximate surface area is 123 Å². The first-order valence-electron chi connectivity index (χ1n) is 6.96. The molecule has 2 aliphatic heterocycles. The highest BCUT2D eigenvalue weighted by Crippen LogP contribution is 2.37. The summed E-state index contributed by atoms with van der Waals surface area (Å²) in [4.78, 5) is 26.0. The Hall–Kier alpha value is -2.24. The quantitative estimate of drug-likeness (QED) is 0.862. The number of nitrogens with zero attached hydrogens (tertiary/aromatic N) is 1. The molecule has 2 heterocycles. The number of hydrogen-bond donors (Lipinski definition) is 1. The van der Waals surface area contributed by atoms with Gasteiger partial charge in [-0.3, -0.25) is 9.69 Å². The Morgan fingerprint density at radius 2 is 2.00 bits per heavy atom. The molecule has 6 nitrogen and oxygen atoms in total. The molecule has 3 amide bonds. The maximum Gasteiger partial charge on any atom is 0.325 e. The van der Waals surface area contributed by atoms with Crippen molar-refractivity contribution in [3.05, 3.63) is 23.8 Å². The molecule has 112 valence electrons. The van der Waals surface area contributed by atoms with E-state index in [1.165, 1.54) is 4.90 Å². The number of rotatable bonds is 3. The number of ether oxygens (including phenoxy) is 2. The minimum absolute atomic E-state index is 0.176. The second kappa shape index (κ2) is 4.65. The predicted molar refractivity (Wildman–Crippen MR) is 75.0 cm³/mol. The lowest BCUT2D eigenvalue weighted by atomic mass is 9.91. The third-order valence-corrected chi connectivity index (χ3v) is 3.77. The van der Waals surface area contributed by atoms with Crippen molar-refractivity contribution >= 4 is 11.9 Å². The highest BCUT2D eigenvalue weighted by atomic mass is 16.7. The Kier molecular flexibility index (Phi) is 3.04. The Bertz CT molecular complexity index is 614. The van der Waals surface area contributed by atoms with Crippen LogP contribution in [0.15, 0.2) is 18.2 Å². The molecule has 0 spiro atoms. The Balaban J connectivity index is 1.94. The summed E-state index contributed by atoms with van der Waals surface area (Å²) in [6.07, 6.45) is 0. The molecule has 0 unspecified atom stereocenters. The number of imide groups is 1. The first-order chi connectivity index (χ1) is 9.91. The molecular weight excluding hydrogens is 272 g/mol. The zero-order chi connectivity index (χ0) is 15.2.